The fraction of sp³-hybridized carbons (Fsp3) is 0.704. The third-order valence-electron chi connectivity index (χ3n) is 6.36. The number of amides is 1. The van der Waals surface area contributed by atoms with Crippen molar-refractivity contribution in [2.45, 2.75) is 121 Å². The van der Waals surface area contributed by atoms with Gasteiger partial charge in [0.05, 0.1) is 5.56 Å². The number of ether oxygens (including phenoxy) is 1. The highest BCUT2D eigenvalue weighted by atomic mass is 19.4. The van der Waals surface area contributed by atoms with Crippen molar-refractivity contribution in [3.8, 4) is 0 Å². The van der Waals surface area contributed by atoms with Crippen molar-refractivity contribution in [2.75, 3.05) is 0 Å². The molecule has 3 N–H and O–H groups in total. The minimum Gasteiger partial charge on any atom is -0.480 e. The van der Waals surface area contributed by atoms with E-state index >= 15 is 0 Å². The first-order chi connectivity index (χ1) is 16.8. The zero-order chi connectivity index (χ0) is 26.8. The van der Waals surface area contributed by atoms with Gasteiger partial charge in [-0.15, -0.1) is 0 Å². The molecular formula is C27H41F3N2O4. The molecule has 2 fully saturated rings. The number of carbonyl (C=O) groups excluding carboxylic acids is 1. The van der Waals surface area contributed by atoms with Crippen LogP contribution in [0.4, 0.5) is 18.0 Å². The highest BCUT2D eigenvalue weighted by molar-refractivity contribution is 5.80. The maximum absolute atomic E-state index is 12.7. The summed E-state index contributed by atoms with van der Waals surface area (Å²) in [6.07, 6.45) is 8.80. The third-order valence-corrected chi connectivity index (χ3v) is 6.36. The first-order valence-corrected chi connectivity index (χ1v) is 13.0. The molecule has 0 heterocycles. The number of halogens is 3. The Kier molecular flexibility index (Phi) is 11.5. The van der Waals surface area contributed by atoms with Crippen LogP contribution in [0.1, 0.15) is 96.1 Å². The summed E-state index contributed by atoms with van der Waals surface area (Å²) in [6, 6.07) is 4.64. The number of aliphatic carboxylic acids is 1. The normalized spacial score (nSPS) is 18.5. The molecule has 0 saturated heterocycles. The number of rotatable bonds is 6. The van der Waals surface area contributed by atoms with Crippen molar-refractivity contribution in [1.29, 1.82) is 0 Å². The van der Waals surface area contributed by atoms with Gasteiger partial charge in [-0.05, 0) is 58.1 Å². The van der Waals surface area contributed by atoms with Gasteiger partial charge in [0.1, 0.15) is 11.6 Å². The van der Waals surface area contributed by atoms with Crippen molar-refractivity contribution < 1.29 is 32.6 Å². The summed E-state index contributed by atoms with van der Waals surface area (Å²) in [5, 5.41) is 15.1. The molecule has 0 spiro atoms. The second kappa shape index (κ2) is 13.9. The number of nitrogens with one attached hydrogen (secondary N) is 2. The Labute approximate surface area is 212 Å². The lowest BCUT2D eigenvalue weighted by atomic mass is 9.91. The van der Waals surface area contributed by atoms with Crippen LogP contribution in [0, 0.1) is 0 Å². The van der Waals surface area contributed by atoms with Crippen molar-refractivity contribution in [3.63, 3.8) is 0 Å². The monoisotopic (exact) mass is 514 g/mol. The molecule has 0 bridgehead atoms. The Bertz CT molecular complexity index is 811. The SMILES string of the molecule is C1CCC(NC2CCCCC2)CC1.CC(C)(C)OC(=O)N[C@@H](Cc1cccc(C(F)(F)F)c1)C(=O)O. The van der Waals surface area contributed by atoms with Gasteiger partial charge < -0.3 is 20.5 Å². The van der Waals surface area contributed by atoms with Gasteiger partial charge in [0.15, 0.2) is 0 Å². The average molecular weight is 515 g/mol. The van der Waals surface area contributed by atoms with Gasteiger partial charge in [0.2, 0.25) is 0 Å². The lowest BCUT2D eigenvalue weighted by Gasteiger charge is -2.30. The molecule has 1 amide bonds. The Morgan fingerprint density at radius 1 is 0.972 bits per heavy atom. The van der Waals surface area contributed by atoms with E-state index in [4.69, 9.17) is 9.84 Å². The number of carboxylic acids is 1. The first-order valence-electron chi connectivity index (χ1n) is 13.0. The van der Waals surface area contributed by atoms with Crippen molar-refractivity contribution >= 4 is 12.1 Å². The quantitative estimate of drug-likeness (QED) is 0.405. The molecule has 0 aliphatic heterocycles. The second-order valence-electron chi connectivity index (χ2n) is 10.8. The van der Waals surface area contributed by atoms with Crippen LogP contribution in [-0.4, -0.2) is 40.9 Å². The molecule has 0 aromatic heterocycles. The summed E-state index contributed by atoms with van der Waals surface area (Å²) in [5.74, 6) is -1.37. The van der Waals surface area contributed by atoms with Crippen LogP contribution in [0.25, 0.3) is 0 Å². The second-order valence-corrected chi connectivity index (χ2v) is 10.8. The Balaban J connectivity index is 0.000000293. The number of alkyl halides is 3. The van der Waals surface area contributed by atoms with Crippen LogP contribution in [0.3, 0.4) is 0 Å². The number of hydrogen-bond acceptors (Lipinski definition) is 4. The van der Waals surface area contributed by atoms with Crippen molar-refractivity contribution in [1.82, 2.24) is 10.6 Å². The summed E-state index contributed by atoms with van der Waals surface area (Å²) in [5.41, 5.74) is -1.55. The lowest BCUT2D eigenvalue weighted by molar-refractivity contribution is -0.139. The topological polar surface area (TPSA) is 87.7 Å². The van der Waals surface area contributed by atoms with Gasteiger partial charge in [0, 0.05) is 18.5 Å². The molecule has 1 aromatic carbocycles. The van der Waals surface area contributed by atoms with E-state index in [0.717, 1.165) is 24.2 Å². The van der Waals surface area contributed by atoms with E-state index in [1.165, 1.54) is 76.3 Å². The number of carbonyl (C=O) groups is 2. The van der Waals surface area contributed by atoms with E-state index < -0.39 is 35.4 Å². The Morgan fingerprint density at radius 2 is 1.50 bits per heavy atom. The zero-order valence-corrected chi connectivity index (χ0v) is 21.6. The molecule has 9 heteroatoms. The van der Waals surface area contributed by atoms with Crippen LogP contribution in [-0.2, 0) is 22.1 Å². The molecule has 2 aliphatic rings. The maximum atomic E-state index is 12.7. The predicted octanol–water partition coefficient (Wildman–Crippen LogP) is 6.47. The minimum absolute atomic E-state index is 0.142. The minimum atomic E-state index is -4.52. The Morgan fingerprint density at radius 3 is 1.94 bits per heavy atom. The van der Waals surface area contributed by atoms with Gasteiger partial charge >= 0.3 is 18.2 Å². The van der Waals surface area contributed by atoms with Gasteiger partial charge in [-0.2, -0.15) is 13.2 Å². The first kappa shape index (κ1) is 29.9. The fourth-order valence-electron chi connectivity index (χ4n) is 4.63. The van der Waals surface area contributed by atoms with E-state index in [1.54, 1.807) is 20.8 Å². The number of hydrogen-bond donors (Lipinski definition) is 3. The van der Waals surface area contributed by atoms with Crippen LogP contribution in [0.2, 0.25) is 0 Å². The van der Waals surface area contributed by atoms with Crippen LogP contribution in [0.5, 0.6) is 0 Å². The van der Waals surface area contributed by atoms with Crippen LogP contribution < -0.4 is 10.6 Å². The summed E-state index contributed by atoms with van der Waals surface area (Å²) >= 11 is 0. The standard InChI is InChI=1S/C15H18F3NO4.C12H23N/c1-14(2,3)23-13(22)19-11(12(20)21)8-9-5-4-6-10(7-9)15(16,17)18;1-3-7-11(8-4-1)13-12-9-5-2-6-10-12/h4-7,11H,8H2,1-3H3,(H,19,22)(H,20,21);11-13H,1-10H2/t11-;/m0./s1. The largest absolute Gasteiger partial charge is 0.480 e. The van der Waals surface area contributed by atoms with E-state index in [1.807, 2.05) is 0 Å². The number of carboxylic acid groups (broad SMARTS) is 1. The average Bonchev–Trinajstić information content (AvgIpc) is 2.79. The molecule has 3 rings (SSSR count). The van der Waals surface area contributed by atoms with E-state index in [0.29, 0.717) is 0 Å². The highest BCUT2D eigenvalue weighted by Crippen LogP contribution is 2.29. The van der Waals surface area contributed by atoms with E-state index in [2.05, 4.69) is 10.6 Å². The summed E-state index contributed by atoms with van der Waals surface area (Å²) < 4.78 is 42.9. The van der Waals surface area contributed by atoms with Crippen LogP contribution >= 0.6 is 0 Å². The summed E-state index contributed by atoms with van der Waals surface area (Å²) in [6.45, 7) is 4.82. The molecule has 1 atom stereocenters. The molecule has 2 aliphatic carbocycles. The van der Waals surface area contributed by atoms with E-state index in [9.17, 15) is 22.8 Å². The van der Waals surface area contributed by atoms with Crippen molar-refractivity contribution in [3.05, 3.63) is 35.4 Å². The Hall–Kier alpha value is -2.29. The van der Waals surface area contributed by atoms with Crippen LogP contribution in [0.15, 0.2) is 24.3 Å². The maximum Gasteiger partial charge on any atom is 0.416 e. The zero-order valence-electron chi connectivity index (χ0n) is 21.6. The van der Waals surface area contributed by atoms with Gasteiger partial charge in [-0.25, -0.2) is 9.59 Å². The van der Waals surface area contributed by atoms with Gasteiger partial charge in [-0.3, -0.25) is 0 Å². The molecule has 2 saturated carbocycles. The van der Waals surface area contributed by atoms with E-state index in [-0.39, 0.29) is 12.0 Å². The lowest BCUT2D eigenvalue weighted by Crippen LogP contribution is -2.44. The fourth-order valence-corrected chi connectivity index (χ4v) is 4.63. The summed E-state index contributed by atoms with van der Waals surface area (Å²) in [4.78, 5) is 22.8. The predicted molar refractivity (Wildman–Crippen MR) is 133 cm³/mol. The molecule has 1 aromatic rings. The molecule has 0 unspecified atom stereocenters. The van der Waals surface area contributed by atoms with Crippen molar-refractivity contribution in [2.24, 2.45) is 0 Å². The molecule has 204 valence electrons. The molecular weight excluding hydrogens is 473 g/mol. The molecule has 36 heavy (non-hydrogen) atoms. The number of benzene rings is 1. The van der Waals surface area contributed by atoms with Gasteiger partial charge in [0.25, 0.3) is 0 Å². The molecule has 6 nitrogen and oxygen atoms in total. The third kappa shape index (κ3) is 11.6. The molecule has 0 radical (unpaired) electrons. The highest BCUT2D eigenvalue weighted by Gasteiger charge is 2.31. The summed E-state index contributed by atoms with van der Waals surface area (Å²) in [7, 11) is 0. The smallest absolute Gasteiger partial charge is 0.416 e. The number of alkyl carbamates (subject to hydrolysis) is 1. The van der Waals surface area contributed by atoms with Gasteiger partial charge in [-0.1, -0.05) is 56.7 Å².